The van der Waals surface area contributed by atoms with Gasteiger partial charge in [0.2, 0.25) is 0 Å². The van der Waals surface area contributed by atoms with Crippen molar-refractivity contribution in [1.82, 2.24) is 9.38 Å². The van der Waals surface area contributed by atoms with Crippen LogP contribution in [0.5, 0.6) is 5.75 Å². The van der Waals surface area contributed by atoms with E-state index in [0.717, 1.165) is 22.0 Å². The van der Waals surface area contributed by atoms with Crippen molar-refractivity contribution < 1.29 is 9.84 Å². The van der Waals surface area contributed by atoms with Crippen LogP contribution in [0.15, 0.2) is 42.0 Å². The molecule has 2 heterocycles. The van der Waals surface area contributed by atoms with Gasteiger partial charge in [0.05, 0.1) is 17.9 Å². The van der Waals surface area contributed by atoms with E-state index >= 15 is 0 Å². The quantitative estimate of drug-likeness (QED) is 0.785. The maximum atomic E-state index is 10.3. The van der Waals surface area contributed by atoms with Gasteiger partial charge in [0.25, 0.3) is 0 Å². The van der Waals surface area contributed by atoms with Crippen molar-refractivity contribution in [1.29, 1.82) is 0 Å². The Morgan fingerprint density at radius 1 is 1.29 bits per heavy atom. The number of rotatable bonds is 5. The summed E-state index contributed by atoms with van der Waals surface area (Å²) in [6.45, 7) is 3.99. The summed E-state index contributed by atoms with van der Waals surface area (Å²) in [6.07, 6.45) is 4.05. The summed E-state index contributed by atoms with van der Waals surface area (Å²) in [6, 6.07) is 7.59. The van der Waals surface area contributed by atoms with Gasteiger partial charge >= 0.3 is 0 Å². The van der Waals surface area contributed by atoms with Crippen LogP contribution in [-0.4, -0.2) is 20.6 Å². The minimum atomic E-state index is -0.553. The molecule has 0 fully saturated rings. The van der Waals surface area contributed by atoms with Gasteiger partial charge in [-0.05, 0) is 31.5 Å². The average Bonchev–Trinajstić information content (AvgIpc) is 2.99. The van der Waals surface area contributed by atoms with Crippen LogP contribution in [0.2, 0.25) is 0 Å². The highest BCUT2D eigenvalue weighted by Crippen LogP contribution is 2.22. The summed E-state index contributed by atoms with van der Waals surface area (Å²) < 4.78 is 7.58. The fraction of sp³-hybridized carbons (Fsp3) is 0.312. The normalized spacial score (nSPS) is 13.0. The van der Waals surface area contributed by atoms with Gasteiger partial charge < -0.3 is 9.84 Å². The fourth-order valence-corrected chi connectivity index (χ4v) is 2.95. The van der Waals surface area contributed by atoms with E-state index in [1.54, 1.807) is 11.3 Å². The van der Waals surface area contributed by atoms with E-state index in [1.165, 1.54) is 0 Å². The molecule has 3 rings (SSSR count). The van der Waals surface area contributed by atoms with E-state index < -0.39 is 6.10 Å². The smallest absolute Gasteiger partial charge is 0.193 e. The Kier molecular flexibility index (Phi) is 3.94. The lowest BCUT2D eigenvalue weighted by atomic mass is 10.1. The molecule has 0 saturated carbocycles. The molecule has 5 heteroatoms. The lowest BCUT2D eigenvalue weighted by Gasteiger charge is -2.12. The van der Waals surface area contributed by atoms with Crippen molar-refractivity contribution in [3.63, 3.8) is 0 Å². The second-order valence-electron chi connectivity index (χ2n) is 5.28. The van der Waals surface area contributed by atoms with Crippen molar-refractivity contribution in [2.45, 2.75) is 32.5 Å². The summed E-state index contributed by atoms with van der Waals surface area (Å²) in [5.74, 6) is 0.823. The predicted octanol–water partition coefficient (Wildman–Crippen LogP) is 3.46. The maximum absolute atomic E-state index is 10.3. The van der Waals surface area contributed by atoms with Crippen LogP contribution in [0, 0.1) is 0 Å². The van der Waals surface area contributed by atoms with Gasteiger partial charge in [-0.25, -0.2) is 4.98 Å². The molecule has 3 aromatic rings. The third-order valence-electron chi connectivity index (χ3n) is 3.18. The first-order valence-corrected chi connectivity index (χ1v) is 7.85. The van der Waals surface area contributed by atoms with Crippen LogP contribution < -0.4 is 4.74 Å². The minimum Gasteiger partial charge on any atom is -0.491 e. The number of aromatic nitrogens is 2. The number of nitrogens with zero attached hydrogens (tertiary/aromatic N) is 2. The van der Waals surface area contributed by atoms with Crippen molar-refractivity contribution in [2.24, 2.45) is 0 Å². The number of ether oxygens (including phenoxy) is 1. The van der Waals surface area contributed by atoms with Gasteiger partial charge in [0.1, 0.15) is 5.75 Å². The molecule has 1 N–H and O–H groups in total. The highest BCUT2D eigenvalue weighted by Gasteiger charge is 2.12. The monoisotopic (exact) mass is 302 g/mol. The Morgan fingerprint density at radius 2 is 2.05 bits per heavy atom. The molecular formula is C16H18N2O2S. The van der Waals surface area contributed by atoms with Gasteiger partial charge in [-0.3, -0.25) is 4.40 Å². The van der Waals surface area contributed by atoms with Gasteiger partial charge in [0, 0.05) is 24.2 Å². The summed E-state index contributed by atoms with van der Waals surface area (Å²) in [4.78, 5) is 5.45. The summed E-state index contributed by atoms with van der Waals surface area (Å²) in [5, 5.41) is 12.3. The molecule has 110 valence electrons. The molecular weight excluding hydrogens is 284 g/mol. The summed E-state index contributed by atoms with van der Waals surface area (Å²) in [7, 11) is 0. The second-order valence-corrected chi connectivity index (χ2v) is 6.15. The first-order valence-electron chi connectivity index (χ1n) is 6.97. The van der Waals surface area contributed by atoms with Crippen LogP contribution >= 0.6 is 11.3 Å². The highest BCUT2D eigenvalue weighted by atomic mass is 32.1. The van der Waals surface area contributed by atoms with Gasteiger partial charge in [-0.2, -0.15) is 0 Å². The zero-order valence-electron chi connectivity index (χ0n) is 12.1. The molecule has 0 bridgehead atoms. The van der Waals surface area contributed by atoms with Crippen LogP contribution in [-0.2, 0) is 6.42 Å². The topological polar surface area (TPSA) is 46.8 Å². The number of imidazole rings is 1. The molecule has 0 radical (unpaired) electrons. The van der Waals surface area contributed by atoms with Crippen molar-refractivity contribution in [3.8, 4) is 5.75 Å². The Balaban J connectivity index is 1.69. The van der Waals surface area contributed by atoms with Gasteiger partial charge in [-0.1, -0.05) is 12.1 Å². The first kappa shape index (κ1) is 14.1. The summed E-state index contributed by atoms with van der Waals surface area (Å²) >= 11 is 1.59. The molecule has 0 aliphatic rings. The first-order chi connectivity index (χ1) is 10.1. The van der Waals surface area contributed by atoms with Crippen molar-refractivity contribution in [2.75, 3.05) is 0 Å². The number of fused-ring (bicyclic) bond motifs is 1. The maximum Gasteiger partial charge on any atom is 0.193 e. The van der Waals surface area contributed by atoms with Crippen LogP contribution in [0.25, 0.3) is 4.96 Å². The fourth-order valence-electron chi connectivity index (χ4n) is 2.23. The number of thiazole rings is 1. The standard InChI is InChI=1S/C16H18N2O2S/c1-11(2)20-14-5-3-12(4-6-14)15(19)9-13-10-18-7-8-21-16(18)17-13/h3-8,10-11,15,19H,9H2,1-2H3. The van der Waals surface area contributed by atoms with E-state index in [9.17, 15) is 5.11 Å². The molecule has 21 heavy (non-hydrogen) atoms. The lowest BCUT2D eigenvalue weighted by Crippen LogP contribution is -2.06. The molecule has 0 spiro atoms. The molecule has 0 aliphatic heterocycles. The average molecular weight is 302 g/mol. The van der Waals surface area contributed by atoms with Crippen LogP contribution in [0.1, 0.15) is 31.2 Å². The summed E-state index contributed by atoms with van der Waals surface area (Å²) in [5.41, 5.74) is 1.78. The molecule has 4 nitrogen and oxygen atoms in total. The molecule has 0 saturated heterocycles. The Hall–Kier alpha value is -1.85. The molecule has 1 unspecified atom stereocenters. The Morgan fingerprint density at radius 3 is 2.71 bits per heavy atom. The molecule has 0 aliphatic carbocycles. The second kappa shape index (κ2) is 5.87. The zero-order valence-corrected chi connectivity index (χ0v) is 12.9. The third kappa shape index (κ3) is 3.25. The largest absolute Gasteiger partial charge is 0.491 e. The molecule has 0 amide bonds. The van der Waals surface area contributed by atoms with E-state index in [0.29, 0.717) is 6.42 Å². The number of hydrogen-bond acceptors (Lipinski definition) is 4. The van der Waals surface area contributed by atoms with E-state index in [2.05, 4.69) is 4.98 Å². The van der Waals surface area contributed by atoms with Gasteiger partial charge in [0.15, 0.2) is 4.96 Å². The number of aliphatic hydroxyl groups excluding tert-OH is 1. The number of aliphatic hydroxyl groups is 1. The molecule has 1 aromatic carbocycles. The Bertz CT molecular complexity index is 687. The minimum absolute atomic E-state index is 0.152. The zero-order chi connectivity index (χ0) is 14.8. The van der Waals surface area contributed by atoms with E-state index in [4.69, 9.17) is 4.74 Å². The predicted molar refractivity (Wildman–Crippen MR) is 83.9 cm³/mol. The molecule has 2 aromatic heterocycles. The Labute approximate surface area is 127 Å². The number of hydrogen-bond donors (Lipinski definition) is 1. The lowest BCUT2D eigenvalue weighted by molar-refractivity contribution is 0.177. The number of benzene rings is 1. The van der Waals surface area contributed by atoms with Gasteiger partial charge in [-0.15, -0.1) is 11.3 Å². The van der Waals surface area contributed by atoms with Crippen LogP contribution in [0.3, 0.4) is 0 Å². The van der Waals surface area contributed by atoms with Crippen molar-refractivity contribution in [3.05, 3.63) is 53.3 Å². The third-order valence-corrected chi connectivity index (χ3v) is 3.95. The van der Waals surface area contributed by atoms with Crippen molar-refractivity contribution >= 4 is 16.3 Å². The SMILES string of the molecule is CC(C)Oc1ccc(C(O)Cc2cn3ccsc3n2)cc1. The molecule has 1 atom stereocenters. The van der Waals surface area contributed by atoms with E-state index in [1.807, 2.05) is 60.3 Å². The highest BCUT2D eigenvalue weighted by molar-refractivity contribution is 7.15. The van der Waals surface area contributed by atoms with E-state index in [-0.39, 0.29) is 6.10 Å². The van der Waals surface area contributed by atoms with Crippen LogP contribution in [0.4, 0.5) is 0 Å².